The first-order chi connectivity index (χ1) is 17.2. The van der Waals surface area contributed by atoms with Crippen LogP contribution in [-0.4, -0.2) is 39.5 Å². The molecule has 0 aliphatic carbocycles. The Labute approximate surface area is 219 Å². The third-order valence-electron chi connectivity index (χ3n) is 4.83. The van der Waals surface area contributed by atoms with Crippen LogP contribution in [-0.2, 0) is 30.8 Å². The fourth-order valence-electron chi connectivity index (χ4n) is 3.08. The lowest BCUT2D eigenvalue weighted by molar-refractivity contribution is -0.142. The minimum absolute atomic E-state index is 0.0595. The number of hydrogen-bond donors (Lipinski definition) is 2. The van der Waals surface area contributed by atoms with E-state index in [9.17, 15) is 18.0 Å². The van der Waals surface area contributed by atoms with E-state index in [1.807, 2.05) is 0 Å². The van der Waals surface area contributed by atoms with Gasteiger partial charge in [-0.25, -0.2) is 8.42 Å². The standard InChI is InChI=1S/C25H24Cl2N2O6S/c1-2-34-24(30)14-17-6-10-20(11-7-17)28-25(31)23(16-35-21-5-3-4-19(27)15-21)29-36(32,33)22-12-8-18(26)9-13-22/h3-13,15,23,29H,2,14,16H2,1H3,(H,28,31). The van der Waals surface area contributed by atoms with Gasteiger partial charge in [-0.3, -0.25) is 9.59 Å². The maximum absolute atomic E-state index is 13.1. The van der Waals surface area contributed by atoms with Crippen molar-refractivity contribution in [3.05, 3.63) is 88.4 Å². The third kappa shape index (κ3) is 8.23. The van der Waals surface area contributed by atoms with Gasteiger partial charge in [0, 0.05) is 15.7 Å². The van der Waals surface area contributed by atoms with Crippen LogP contribution in [0.15, 0.2) is 77.7 Å². The summed E-state index contributed by atoms with van der Waals surface area (Å²) in [5.74, 6) is -0.633. The highest BCUT2D eigenvalue weighted by Crippen LogP contribution is 2.19. The SMILES string of the molecule is CCOC(=O)Cc1ccc(NC(=O)C(COc2cccc(Cl)c2)NS(=O)(=O)c2ccc(Cl)cc2)cc1. The van der Waals surface area contributed by atoms with Gasteiger partial charge in [0.15, 0.2) is 0 Å². The molecular formula is C25H24Cl2N2O6S. The Balaban J connectivity index is 1.75. The highest BCUT2D eigenvalue weighted by atomic mass is 35.5. The van der Waals surface area contributed by atoms with Crippen LogP contribution in [0.4, 0.5) is 5.69 Å². The second kappa shape index (κ2) is 12.7. The molecule has 0 aliphatic heterocycles. The largest absolute Gasteiger partial charge is 0.491 e. The number of ether oxygens (including phenoxy) is 2. The summed E-state index contributed by atoms with van der Waals surface area (Å²) in [7, 11) is -4.08. The molecule has 0 saturated carbocycles. The minimum Gasteiger partial charge on any atom is -0.491 e. The van der Waals surface area contributed by atoms with E-state index in [1.165, 1.54) is 24.3 Å². The van der Waals surface area contributed by atoms with Gasteiger partial charge >= 0.3 is 5.97 Å². The van der Waals surface area contributed by atoms with E-state index < -0.39 is 22.0 Å². The molecule has 0 fully saturated rings. The number of rotatable bonds is 11. The summed E-state index contributed by atoms with van der Waals surface area (Å²) < 4.78 is 38.8. The molecule has 3 aromatic rings. The van der Waals surface area contributed by atoms with E-state index in [1.54, 1.807) is 55.5 Å². The fourth-order valence-corrected chi connectivity index (χ4v) is 4.57. The van der Waals surface area contributed by atoms with Crippen molar-refractivity contribution >= 4 is 50.8 Å². The van der Waals surface area contributed by atoms with Crippen molar-refractivity contribution in [1.29, 1.82) is 0 Å². The molecule has 0 aliphatic rings. The third-order valence-corrected chi connectivity index (χ3v) is 6.80. The average molecular weight is 551 g/mol. The Morgan fingerprint density at radius 1 is 0.944 bits per heavy atom. The van der Waals surface area contributed by atoms with Crippen molar-refractivity contribution in [1.82, 2.24) is 4.72 Å². The van der Waals surface area contributed by atoms with Gasteiger partial charge in [-0.15, -0.1) is 0 Å². The van der Waals surface area contributed by atoms with Crippen molar-refractivity contribution in [2.75, 3.05) is 18.5 Å². The summed E-state index contributed by atoms with van der Waals surface area (Å²) >= 11 is 11.8. The fraction of sp³-hybridized carbons (Fsp3) is 0.200. The van der Waals surface area contributed by atoms with Gasteiger partial charge < -0.3 is 14.8 Å². The van der Waals surface area contributed by atoms with Crippen LogP contribution in [0.5, 0.6) is 5.75 Å². The number of anilines is 1. The van der Waals surface area contributed by atoms with E-state index >= 15 is 0 Å². The molecule has 8 nitrogen and oxygen atoms in total. The summed E-state index contributed by atoms with van der Waals surface area (Å²) in [5.41, 5.74) is 1.11. The molecule has 3 aromatic carbocycles. The summed E-state index contributed by atoms with van der Waals surface area (Å²) in [5, 5.41) is 3.47. The first-order valence-corrected chi connectivity index (χ1v) is 13.1. The Kier molecular flexibility index (Phi) is 9.72. The summed E-state index contributed by atoms with van der Waals surface area (Å²) in [6.45, 7) is 1.71. The Morgan fingerprint density at radius 2 is 1.64 bits per heavy atom. The Bertz CT molecular complexity index is 1300. The summed E-state index contributed by atoms with van der Waals surface area (Å²) in [6, 6.07) is 17.3. The molecule has 0 heterocycles. The van der Waals surface area contributed by atoms with Crippen LogP contribution in [0.1, 0.15) is 12.5 Å². The van der Waals surface area contributed by atoms with Gasteiger partial charge in [-0.1, -0.05) is 41.4 Å². The summed E-state index contributed by atoms with van der Waals surface area (Å²) in [4.78, 5) is 24.7. The molecule has 36 heavy (non-hydrogen) atoms. The van der Waals surface area contributed by atoms with Crippen molar-refractivity contribution in [2.45, 2.75) is 24.3 Å². The smallest absolute Gasteiger partial charge is 0.310 e. The molecule has 1 unspecified atom stereocenters. The molecule has 0 spiro atoms. The topological polar surface area (TPSA) is 111 Å². The van der Waals surface area contributed by atoms with Crippen LogP contribution >= 0.6 is 23.2 Å². The molecule has 11 heteroatoms. The van der Waals surface area contributed by atoms with Gasteiger partial charge in [-0.2, -0.15) is 4.72 Å². The first kappa shape index (κ1) is 27.5. The second-order valence-electron chi connectivity index (χ2n) is 7.56. The zero-order chi connectivity index (χ0) is 26.1. The number of halogens is 2. The van der Waals surface area contributed by atoms with E-state index in [0.29, 0.717) is 27.0 Å². The Morgan fingerprint density at radius 3 is 2.28 bits per heavy atom. The summed E-state index contributed by atoms with van der Waals surface area (Å²) in [6.07, 6.45) is 0.0963. The van der Waals surface area contributed by atoms with Crippen molar-refractivity contribution in [3.63, 3.8) is 0 Å². The maximum Gasteiger partial charge on any atom is 0.310 e. The van der Waals surface area contributed by atoms with Gasteiger partial charge in [0.05, 0.1) is 17.9 Å². The zero-order valence-corrected chi connectivity index (χ0v) is 21.6. The molecule has 0 saturated heterocycles. The molecule has 0 bridgehead atoms. The molecule has 0 aromatic heterocycles. The molecule has 1 amide bonds. The number of hydrogen-bond acceptors (Lipinski definition) is 6. The van der Waals surface area contributed by atoms with E-state index in [2.05, 4.69) is 10.0 Å². The van der Waals surface area contributed by atoms with E-state index in [-0.39, 0.29) is 30.5 Å². The predicted molar refractivity (Wildman–Crippen MR) is 138 cm³/mol. The number of amides is 1. The van der Waals surface area contributed by atoms with E-state index in [4.69, 9.17) is 32.7 Å². The van der Waals surface area contributed by atoms with Crippen LogP contribution < -0.4 is 14.8 Å². The maximum atomic E-state index is 13.1. The van der Waals surface area contributed by atoms with E-state index in [0.717, 1.165) is 0 Å². The second-order valence-corrected chi connectivity index (χ2v) is 10.2. The number of sulfonamides is 1. The van der Waals surface area contributed by atoms with Crippen LogP contribution in [0.25, 0.3) is 0 Å². The van der Waals surface area contributed by atoms with Gasteiger partial charge in [0.25, 0.3) is 0 Å². The van der Waals surface area contributed by atoms with Gasteiger partial charge in [0.2, 0.25) is 15.9 Å². The van der Waals surface area contributed by atoms with Crippen molar-refractivity contribution in [3.8, 4) is 5.75 Å². The average Bonchev–Trinajstić information content (AvgIpc) is 2.83. The lowest BCUT2D eigenvalue weighted by Crippen LogP contribution is -2.47. The number of esters is 1. The highest BCUT2D eigenvalue weighted by Gasteiger charge is 2.27. The molecule has 190 valence electrons. The number of nitrogens with one attached hydrogen (secondary N) is 2. The number of carbonyl (C=O) groups excluding carboxylic acids is 2. The lowest BCUT2D eigenvalue weighted by Gasteiger charge is -2.19. The van der Waals surface area contributed by atoms with Crippen LogP contribution in [0.2, 0.25) is 10.0 Å². The normalized spacial score (nSPS) is 12.0. The molecule has 0 radical (unpaired) electrons. The first-order valence-electron chi connectivity index (χ1n) is 10.9. The van der Waals surface area contributed by atoms with Crippen LogP contribution in [0.3, 0.4) is 0 Å². The Hall–Kier alpha value is -3.11. The highest BCUT2D eigenvalue weighted by molar-refractivity contribution is 7.89. The molecule has 1 atom stereocenters. The van der Waals surface area contributed by atoms with Crippen molar-refractivity contribution < 1.29 is 27.5 Å². The number of benzene rings is 3. The molecular weight excluding hydrogens is 527 g/mol. The van der Waals surface area contributed by atoms with Crippen LogP contribution in [0, 0.1) is 0 Å². The van der Waals surface area contributed by atoms with Crippen molar-refractivity contribution in [2.24, 2.45) is 0 Å². The van der Waals surface area contributed by atoms with Gasteiger partial charge in [0.1, 0.15) is 18.4 Å². The number of carbonyl (C=O) groups is 2. The monoisotopic (exact) mass is 550 g/mol. The lowest BCUT2D eigenvalue weighted by atomic mass is 10.1. The minimum atomic E-state index is -4.08. The van der Waals surface area contributed by atoms with Gasteiger partial charge in [-0.05, 0) is 67.1 Å². The molecule has 2 N–H and O–H groups in total. The predicted octanol–water partition coefficient (Wildman–Crippen LogP) is 4.46. The quantitative estimate of drug-likeness (QED) is 0.341. The molecule has 3 rings (SSSR count). The zero-order valence-electron chi connectivity index (χ0n) is 19.2.